The second-order valence-electron chi connectivity index (χ2n) is 3.67. The zero-order valence-corrected chi connectivity index (χ0v) is 10.1. The molecule has 0 saturated heterocycles. The Hall–Kier alpha value is -1.13. The van der Waals surface area contributed by atoms with Crippen molar-refractivity contribution in [2.45, 2.75) is 19.9 Å². The number of hydrogen-bond donors (Lipinski definition) is 2. The molecule has 0 radical (unpaired) electrons. The normalized spacial score (nSPS) is 10.4. The van der Waals surface area contributed by atoms with E-state index >= 15 is 0 Å². The molecule has 0 aromatic carbocycles. The molecule has 2 N–H and O–H groups in total. The number of pyridine rings is 1. The van der Waals surface area contributed by atoms with Crippen LogP contribution in [0.3, 0.4) is 0 Å². The Labute approximate surface area is 97.3 Å². The van der Waals surface area contributed by atoms with E-state index in [1.165, 1.54) is 5.56 Å². The fraction of sp³-hybridized carbons (Fsp3) is 0.583. The molecule has 1 rings (SSSR count). The van der Waals surface area contributed by atoms with Gasteiger partial charge < -0.3 is 15.3 Å². The first kappa shape index (κ1) is 12.9. The SMILES string of the molecule is CCN(CCCO)c1ncccc1CNC. The highest BCUT2D eigenvalue weighted by Crippen LogP contribution is 2.16. The van der Waals surface area contributed by atoms with Crippen molar-refractivity contribution >= 4 is 5.82 Å². The summed E-state index contributed by atoms with van der Waals surface area (Å²) in [5.74, 6) is 1.02. The topological polar surface area (TPSA) is 48.4 Å². The molecule has 4 heteroatoms. The van der Waals surface area contributed by atoms with Crippen molar-refractivity contribution in [2.75, 3.05) is 31.6 Å². The number of hydrogen-bond acceptors (Lipinski definition) is 4. The van der Waals surface area contributed by atoms with Crippen LogP contribution in [0.15, 0.2) is 18.3 Å². The van der Waals surface area contributed by atoms with Gasteiger partial charge in [0.25, 0.3) is 0 Å². The van der Waals surface area contributed by atoms with Crippen LogP contribution in [0.2, 0.25) is 0 Å². The standard InChI is InChI=1S/C12H21N3O/c1-3-15(8-5-9-16)12-11(10-13-2)6-4-7-14-12/h4,6-7,13,16H,3,5,8-10H2,1-2H3. The lowest BCUT2D eigenvalue weighted by Crippen LogP contribution is -2.27. The van der Waals surface area contributed by atoms with Crippen molar-refractivity contribution < 1.29 is 5.11 Å². The van der Waals surface area contributed by atoms with Gasteiger partial charge in [0.05, 0.1) is 0 Å². The minimum Gasteiger partial charge on any atom is -0.396 e. The molecule has 0 spiro atoms. The molecule has 1 aromatic heterocycles. The van der Waals surface area contributed by atoms with Gasteiger partial charge in [0, 0.05) is 38.0 Å². The third-order valence-corrected chi connectivity index (χ3v) is 2.50. The van der Waals surface area contributed by atoms with Crippen LogP contribution in [0.1, 0.15) is 18.9 Å². The highest BCUT2D eigenvalue weighted by molar-refractivity contribution is 5.46. The molecule has 0 saturated carbocycles. The molecule has 16 heavy (non-hydrogen) atoms. The highest BCUT2D eigenvalue weighted by atomic mass is 16.3. The summed E-state index contributed by atoms with van der Waals surface area (Å²) in [6.07, 6.45) is 2.60. The second-order valence-corrected chi connectivity index (χ2v) is 3.67. The molecular weight excluding hydrogens is 202 g/mol. The largest absolute Gasteiger partial charge is 0.396 e. The number of nitrogens with one attached hydrogen (secondary N) is 1. The minimum absolute atomic E-state index is 0.227. The van der Waals surface area contributed by atoms with Crippen molar-refractivity contribution in [3.8, 4) is 0 Å². The Morgan fingerprint density at radius 3 is 2.94 bits per heavy atom. The van der Waals surface area contributed by atoms with Gasteiger partial charge in [-0.3, -0.25) is 0 Å². The van der Waals surface area contributed by atoms with Crippen LogP contribution in [0.25, 0.3) is 0 Å². The molecule has 0 fully saturated rings. The van der Waals surface area contributed by atoms with E-state index in [0.717, 1.165) is 31.9 Å². The fourth-order valence-corrected chi connectivity index (χ4v) is 1.72. The number of aliphatic hydroxyl groups is 1. The number of anilines is 1. The quantitative estimate of drug-likeness (QED) is 0.724. The number of aliphatic hydroxyl groups excluding tert-OH is 1. The van der Waals surface area contributed by atoms with Crippen molar-refractivity contribution in [2.24, 2.45) is 0 Å². The molecule has 1 aromatic rings. The predicted octanol–water partition coefficient (Wildman–Crippen LogP) is 1.01. The summed E-state index contributed by atoms with van der Waals surface area (Å²) in [6, 6.07) is 4.04. The van der Waals surface area contributed by atoms with Gasteiger partial charge in [0.15, 0.2) is 0 Å². The number of aromatic nitrogens is 1. The van der Waals surface area contributed by atoms with E-state index in [0.29, 0.717) is 0 Å². The highest BCUT2D eigenvalue weighted by Gasteiger charge is 2.09. The maximum Gasteiger partial charge on any atom is 0.132 e. The van der Waals surface area contributed by atoms with Crippen molar-refractivity contribution in [3.63, 3.8) is 0 Å². The molecule has 0 aliphatic carbocycles. The summed E-state index contributed by atoms with van der Waals surface area (Å²) < 4.78 is 0. The van der Waals surface area contributed by atoms with Crippen molar-refractivity contribution in [1.82, 2.24) is 10.3 Å². The molecular formula is C12H21N3O. The van der Waals surface area contributed by atoms with Crippen LogP contribution < -0.4 is 10.2 Å². The third-order valence-electron chi connectivity index (χ3n) is 2.50. The number of rotatable bonds is 7. The Balaban J connectivity index is 2.81. The zero-order chi connectivity index (χ0) is 11.8. The molecule has 90 valence electrons. The van der Waals surface area contributed by atoms with Crippen LogP contribution in [0.4, 0.5) is 5.82 Å². The predicted molar refractivity (Wildman–Crippen MR) is 66.6 cm³/mol. The molecule has 0 aliphatic rings. The first-order valence-corrected chi connectivity index (χ1v) is 5.77. The van der Waals surface area contributed by atoms with Crippen LogP contribution in [-0.2, 0) is 6.54 Å². The summed E-state index contributed by atoms with van der Waals surface area (Å²) in [5, 5.41) is 12.0. The Kier molecular flexibility index (Phi) is 5.82. The molecule has 0 aliphatic heterocycles. The summed E-state index contributed by atoms with van der Waals surface area (Å²) in [5.41, 5.74) is 1.20. The van der Waals surface area contributed by atoms with Crippen molar-refractivity contribution in [3.05, 3.63) is 23.9 Å². The summed E-state index contributed by atoms with van der Waals surface area (Å²) >= 11 is 0. The van der Waals surface area contributed by atoms with Crippen molar-refractivity contribution in [1.29, 1.82) is 0 Å². The Morgan fingerprint density at radius 1 is 1.50 bits per heavy atom. The van der Waals surface area contributed by atoms with Gasteiger partial charge in [-0.1, -0.05) is 6.07 Å². The Morgan fingerprint density at radius 2 is 2.31 bits per heavy atom. The van der Waals surface area contributed by atoms with Gasteiger partial charge in [0.2, 0.25) is 0 Å². The van der Waals surface area contributed by atoms with E-state index in [1.54, 1.807) is 0 Å². The van der Waals surface area contributed by atoms with Crippen LogP contribution >= 0.6 is 0 Å². The van der Waals surface area contributed by atoms with Gasteiger partial charge in [0.1, 0.15) is 5.82 Å². The van der Waals surface area contributed by atoms with E-state index in [-0.39, 0.29) is 6.61 Å². The first-order chi connectivity index (χ1) is 7.83. The van der Waals surface area contributed by atoms with Gasteiger partial charge in [-0.05, 0) is 26.5 Å². The average molecular weight is 223 g/mol. The van der Waals surface area contributed by atoms with E-state index in [4.69, 9.17) is 5.11 Å². The maximum atomic E-state index is 8.87. The molecule has 0 unspecified atom stereocenters. The van der Waals surface area contributed by atoms with E-state index < -0.39 is 0 Å². The zero-order valence-electron chi connectivity index (χ0n) is 10.1. The molecule has 4 nitrogen and oxygen atoms in total. The van der Waals surface area contributed by atoms with Crippen LogP contribution in [-0.4, -0.2) is 36.8 Å². The minimum atomic E-state index is 0.227. The summed E-state index contributed by atoms with van der Waals surface area (Å²) in [4.78, 5) is 6.62. The molecule has 0 amide bonds. The van der Waals surface area contributed by atoms with E-state index in [2.05, 4.69) is 28.2 Å². The van der Waals surface area contributed by atoms with E-state index in [9.17, 15) is 0 Å². The number of nitrogens with zero attached hydrogens (tertiary/aromatic N) is 2. The van der Waals surface area contributed by atoms with Crippen LogP contribution in [0, 0.1) is 0 Å². The van der Waals surface area contributed by atoms with Gasteiger partial charge in [-0.25, -0.2) is 4.98 Å². The lowest BCUT2D eigenvalue weighted by molar-refractivity contribution is 0.289. The molecule has 0 bridgehead atoms. The van der Waals surface area contributed by atoms with Gasteiger partial charge >= 0.3 is 0 Å². The van der Waals surface area contributed by atoms with Crippen LogP contribution in [0.5, 0.6) is 0 Å². The third kappa shape index (κ3) is 3.47. The first-order valence-electron chi connectivity index (χ1n) is 5.77. The second kappa shape index (κ2) is 7.19. The van der Waals surface area contributed by atoms with Gasteiger partial charge in [-0.15, -0.1) is 0 Å². The summed E-state index contributed by atoms with van der Waals surface area (Å²) in [6.45, 7) is 4.91. The van der Waals surface area contributed by atoms with E-state index in [1.807, 2.05) is 19.3 Å². The Bertz CT molecular complexity index is 304. The fourth-order valence-electron chi connectivity index (χ4n) is 1.72. The molecule has 0 atom stereocenters. The smallest absolute Gasteiger partial charge is 0.132 e. The monoisotopic (exact) mass is 223 g/mol. The molecule has 1 heterocycles. The lowest BCUT2D eigenvalue weighted by atomic mass is 10.2. The van der Waals surface area contributed by atoms with Gasteiger partial charge in [-0.2, -0.15) is 0 Å². The lowest BCUT2D eigenvalue weighted by Gasteiger charge is -2.24. The average Bonchev–Trinajstić information content (AvgIpc) is 2.32. The maximum absolute atomic E-state index is 8.87. The summed E-state index contributed by atoms with van der Waals surface area (Å²) in [7, 11) is 1.93.